The van der Waals surface area contributed by atoms with Gasteiger partial charge in [0.25, 0.3) is 11.8 Å². The Hall–Kier alpha value is -3.93. The Morgan fingerprint density at radius 3 is 2.03 bits per heavy atom. The minimum Gasteiger partial charge on any atom is -0.326 e. The van der Waals surface area contributed by atoms with Crippen LogP contribution in [-0.4, -0.2) is 24.3 Å². The molecule has 4 rings (SSSR count). The molecule has 0 bridgehead atoms. The molecule has 2 N–H and O–H groups in total. The summed E-state index contributed by atoms with van der Waals surface area (Å²) in [5.74, 6) is -0.493. The molecule has 3 amide bonds. The molecule has 30 heavy (non-hydrogen) atoms. The van der Waals surface area contributed by atoms with E-state index < -0.39 is 0 Å². The van der Waals surface area contributed by atoms with Gasteiger partial charge in [-0.05, 0) is 66.6 Å². The monoisotopic (exact) mass is 399 g/mol. The molecule has 3 aromatic rings. The number of para-hydroxylation sites is 1. The van der Waals surface area contributed by atoms with E-state index in [1.807, 2.05) is 24.3 Å². The quantitative estimate of drug-likeness (QED) is 0.693. The maximum absolute atomic E-state index is 12.9. The van der Waals surface area contributed by atoms with E-state index in [4.69, 9.17) is 0 Å². The van der Waals surface area contributed by atoms with Crippen molar-refractivity contribution in [3.05, 3.63) is 89.5 Å². The number of rotatable bonds is 4. The second kappa shape index (κ2) is 8.21. The molecular formula is C24H21N3O3. The Bertz CT molecular complexity index is 1110. The Balaban J connectivity index is 1.42. The van der Waals surface area contributed by atoms with Crippen molar-refractivity contribution in [2.45, 2.75) is 13.3 Å². The summed E-state index contributed by atoms with van der Waals surface area (Å²) in [6, 6.07) is 21.4. The summed E-state index contributed by atoms with van der Waals surface area (Å²) in [5.41, 5.74) is 4.40. The van der Waals surface area contributed by atoms with E-state index in [9.17, 15) is 14.4 Å². The number of anilines is 3. The zero-order valence-electron chi connectivity index (χ0n) is 16.5. The maximum atomic E-state index is 12.9. The highest BCUT2D eigenvalue weighted by atomic mass is 16.2. The zero-order chi connectivity index (χ0) is 21.1. The normalized spacial score (nSPS) is 12.2. The lowest BCUT2D eigenvalue weighted by molar-refractivity contribution is -0.114. The highest BCUT2D eigenvalue weighted by molar-refractivity contribution is 6.09. The number of fused-ring (bicyclic) bond motifs is 1. The molecule has 0 saturated carbocycles. The Morgan fingerprint density at radius 1 is 0.767 bits per heavy atom. The van der Waals surface area contributed by atoms with Gasteiger partial charge < -0.3 is 15.5 Å². The van der Waals surface area contributed by atoms with Gasteiger partial charge in [-0.15, -0.1) is 0 Å². The molecule has 0 fully saturated rings. The van der Waals surface area contributed by atoms with E-state index in [2.05, 4.69) is 10.6 Å². The lowest BCUT2D eigenvalue weighted by Gasteiger charge is -2.17. The molecule has 0 radical (unpaired) electrons. The SMILES string of the molecule is CC(=O)Nc1ccc(NC(=O)c2ccc(C(=O)N3CCc4ccccc43)cc2)cc1. The molecule has 1 heterocycles. The Labute approximate surface area is 174 Å². The first kappa shape index (κ1) is 19.4. The molecule has 0 saturated heterocycles. The number of hydrogen-bond acceptors (Lipinski definition) is 3. The molecule has 6 nitrogen and oxygen atoms in total. The van der Waals surface area contributed by atoms with Gasteiger partial charge >= 0.3 is 0 Å². The van der Waals surface area contributed by atoms with Crippen LogP contribution >= 0.6 is 0 Å². The van der Waals surface area contributed by atoms with Crippen LogP contribution in [0.5, 0.6) is 0 Å². The third kappa shape index (κ3) is 4.07. The van der Waals surface area contributed by atoms with Crippen LogP contribution in [0.3, 0.4) is 0 Å². The molecule has 1 aliphatic heterocycles. The fourth-order valence-electron chi connectivity index (χ4n) is 3.51. The van der Waals surface area contributed by atoms with E-state index >= 15 is 0 Å². The van der Waals surface area contributed by atoms with Crippen molar-refractivity contribution in [3.8, 4) is 0 Å². The smallest absolute Gasteiger partial charge is 0.258 e. The summed E-state index contributed by atoms with van der Waals surface area (Å²) in [4.78, 5) is 38.2. The molecule has 0 aromatic heterocycles. The minimum atomic E-state index is -0.271. The van der Waals surface area contributed by atoms with Crippen molar-refractivity contribution in [2.24, 2.45) is 0 Å². The van der Waals surface area contributed by atoms with Crippen molar-refractivity contribution >= 4 is 34.8 Å². The van der Waals surface area contributed by atoms with E-state index in [1.165, 1.54) is 12.5 Å². The lowest BCUT2D eigenvalue weighted by atomic mass is 10.1. The first-order valence-corrected chi connectivity index (χ1v) is 9.70. The highest BCUT2D eigenvalue weighted by Crippen LogP contribution is 2.28. The van der Waals surface area contributed by atoms with E-state index in [-0.39, 0.29) is 17.7 Å². The van der Waals surface area contributed by atoms with E-state index in [0.717, 1.165) is 12.1 Å². The summed E-state index contributed by atoms with van der Waals surface area (Å²) in [5, 5.41) is 5.48. The van der Waals surface area contributed by atoms with Gasteiger partial charge in [0.15, 0.2) is 0 Å². The summed E-state index contributed by atoms with van der Waals surface area (Å²) in [6.07, 6.45) is 0.850. The highest BCUT2D eigenvalue weighted by Gasteiger charge is 2.25. The number of benzene rings is 3. The Kier molecular flexibility index (Phi) is 5.30. The number of hydrogen-bond donors (Lipinski definition) is 2. The second-order valence-electron chi connectivity index (χ2n) is 7.13. The first-order valence-electron chi connectivity index (χ1n) is 9.70. The maximum Gasteiger partial charge on any atom is 0.258 e. The fourth-order valence-corrected chi connectivity index (χ4v) is 3.51. The van der Waals surface area contributed by atoms with Crippen LogP contribution in [0, 0.1) is 0 Å². The van der Waals surface area contributed by atoms with Crippen LogP contribution in [0.1, 0.15) is 33.2 Å². The third-order valence-electron chi connectivity index (χ3n) is 4.99. The second-order valence-corrected chi connectivity index (χ2v) is 7.13. The van der Waals surface area contributed by atoms with Gasteiger partial charge in [-0.3, -0.25) is 14.4 Å². The standard InChI is InChI=1S/C24H21N3O3/c1-16(28)25-20-10-12-21(13-11-20)26-23(29)18-6-8-19(9-7-18)24(30)27-15-14-17-4-2-3-5-22(17)27/h2-13H,14-15H2,1H3,(H,25,28)(H,26,29). The molecule has 0 unspecified atom stereocenters. The van der Waals surface area contributed by atoms with Crippen molar-refractivity contribution in [1.82, 2.24) is 0 Å². The molecule has 3 aromatic carbocycles. The predicted octanol–water partition coefficient (Wildman–Crippen LogP) is 4.10. The van der Waals surface area contributed by atoms with Crippen molar-refractivity contribution in [3.63, 3.8) is 0 Å². The number of carbonyl (C=O) groups is 3. The number of carbonyl (C=O) groups excluding carboxylic acids is 3. The van der Waals surface area contributed by atoms with Gasteiger partial charge in [0.05, 0.1) is 0 Å². The zero-order valence-corrected chi connectivity index (χ0v) is 16.5. The molecule has 0 spiro atoms. The predicted molar refractivity (Wildman–Crippen MR) is 117 cm³/mol. The van der Waals surface area contributed by atoms with Crippen LogP contribution in [0.25, 0.3) is 0 Å². The van der Waals surface area contributed by atoms with Crippen LogP contribution in [0.2, 0.25) is 0 Å². The third-order valence-corrected chi connectivity index (χ3v) is 4.99. The van der Waals surface area contributed by atoms with Crippen LogP contribution in [0.4, 0.5) is 17.1 Å². The molecule has 0 atom stereocenters. The van der Waals surface area contributed by atoms with Crippen molar-refractivity contribution in [1.29, 1.82) is 0 Å². The average molecular weight is 399 g/mol. The number of nitrogens with zero attached hydrogens (tertiary/aromatic N) is 1. The number of amides is 3. The topological polar surface area (TPSA) is 78.5 Å². The van der Waals surface area contributed by atoms with E-state index in [1.54, 1.807) is 53.4 Å². The average Bonchev–Trinajstić information content (AvgIpc) is 3.18. The fraction of sp³-hybridized carbons (Fsp3) is 0.125. The van der Waals surface area contributed by atoms with Gasteiger partial charge in [0, 0.05) is 41.7 Å². The minimum absolute atomic E-state index is 0.0690. The van der Waals surface area contributed by atoms with Crippen molar-refractivity contribution in [2.75, 3.05) is 22.1 Å². The van der Waals surface area contributed by atoms with Crippen LogP contribution in [0.15, 0.2) is 72.8 Å². The van der Waals surface area contributed by atoms with Gasteiger partial charge in [0.1, 0.15) is 0 Å². The number of nitrogens with one attached hydrogen (secondary N) is 2. The summed E-state index contributed by atoms with van der Waals surface area (Å²) in [6.45, 7) is 2.10. The van der Waals surface area contributed by atoms with Crippen LogP contribution in [-0.2, 0) is 11.2 Å². The van der Waals surface area contributed by atoms with Crippen LogP contribution < -0.4 is 15.5 Å². The van der Waals surface area contributed by atoms with Gasteiger partial charge in [0.2, 0.25) is 5.91 Å². The largest absolute Gasteiger partial charge is 0.326 e. The summed E-state index contributed by atoms with van der Waals surface area (Å²) < 4.78 is 0. The van der Waals surface area contributed by atoms with Gasteiger partial charge in [-0.1, -0.05) is 18.2 Å². The lowest BCUT2D eigenvalue weighted by Crippen LogP contribution is -2.28. The molecular weight excluding hydrogens is 378 g/mol. The van der Waals surface area contributed by atoms with Gasteiger partial charge in [-0.25, -0.2) is 0 Å². The molecule has 150 valence electrons. The van der Waals surface area contributed by atoms with E-state index in [0.29, 0.717) is 29.0 Å². The van der Waals surface area contributed by atoms with Crippen molar-refractivity contribution < 1.29 is 14.4 Å². The molecule has 0 aliphatic carbocycles. The first-order chi connectivity index (χ1) is 14.5. The molecule has 6 heteroatoms. The van der Waals surface area contributed by atoms with Gasteiger partial charge in [-0.2, -0.15) is 0 Å². The Morgan fingerprint density at radius 2 is 1.37 bits per heavy atom. The summed E-state index contributed by atoms with van der Waals surface area (Å²) >= 11 is 0. The molecule has 1 aliphatic rings. The summed E-state index contributed by atoms with van der Waals surface area (Å²) in [7, 11) is 0.